The summed E-state index contributed by atoms with van der Waals surface area (Å²) in [6, 6.07) is 0. The summed E-state index contributed by atoms with van der Waals surface area (Å²) in [7, 11) is 0. The lowest BCUT2D eigenvalue weighted by atomic mass is 10.0. The van der Waals surface area contributed by atoms with Gasteiger partial charge in [-0.2, -0.15) is 11.8 Å². The molecule has 98 valence electrons. The van der Waals surface area contributed by atoms with Gasteiger partial charge in [0.2, 0.25) is 11.8 Å². The Labute approximate surface area is 108 Å². The van der Waals surface area contributed by atoms with Crippen LogP contribution in [0.1, 0.15) is 47.5 Å². The van der Waals surface area contributed by atoms with Crippen molar-refractivity contribution in [2.75, 3.05) is 5.75 Å². The quantitative estimate of drug-likeness (QED) is 0.727. The van der Waals surface area contributed by atoms with Gasteiger partial charge in [0.05, 0.1) is 5.92 Å². The highest BCUT2D eigenvalue weighted by Crippen LogP contribution is 2.33. The van der Waals surface area contributed by atoms with Gasteiger partial charge in [0.25, 0.3) is 0 Å². The molecule has 2 amide bonds. The molecule has 0 N–H and O–H groups in total. The summed E-state index contributed by atoms with van der Waals surface area (Å²) in [6.45, 7) is 9.92. The molecular formula is C13H23NO2S. The van der Waals surface area contributed by atoms with Gasteiger partial charge in [0.15, 0.2) is 0 Å². The maximum absolute atomic E-state index is 12.3. The Balaban J connectivity index is 2.74. The predicted molar refractivity (Wildman–Crippen MR) is 71.9 cm³/mol. The van der Waals surface area contributed by atoms with Gasteiger partial charge in [0.1, 0.15) is 0 Å². The van der Waals surface area contributed by atoms with Crippen LogP contribution in [0.25, 0.3) is 0 Å². The second-order valence-electron chi connectivity index (χ2n) is 5.62. The number of likely N-dealkylation sites (tertiary alicyclic amines) is 1. The number of carbonyl (C=O) groups excluding carboxylic acids is 2. The molecule has 17 heavy (non-hydrogen) atoms. The van der Waals surface area contributed by atoms with Crippen LogP contribution in [-0.2, 0) is 9.59 Å². The largest absolute Gasteiger partial charge is 0.277 e. The van der Waals surface area contributed by atoms with E-state index in [1.54, 1.807) is 11.8 Å². The first kappa shape index (κ1) is 14.6. The Morgan fingerprint density at radius 2 is 2.00 bits per heavy atom. The highest BCUT2D eigenvalue weighted by atomic mass is 32.2. The topological polar surface area (TPSA) is 37.4 Å². The second kappa shape index (κ2) is 5.42. The summed E-state index contributed by atoms with van der Waals surface area (Å²) in [5.41, 5.74) is -0.391. The van der Waals surface area contributed by atoms with Gasteiger partial charge in [-0.3, -0.25) is 14.5 Å². The molecule has 0 aromatic heterocycles. The minimum atomic E-state index is -0.391. The van der Waals surface area contributed by atoms with E-state index in [1.165, 1.54) is 4.90 Å². The Morgan fingerprint density at radius 1 is 1.41 bits per heavy atom. The average molecular weight is 257 g/mol. The zero-order chi connectivity index (χ0) is 13.2. The Morgan fingerprint density at radius 3 is 2.41 bits per heavy atom. The van der Waals surface area contributed by atoms with Crippen molar-refractivity contribution in [2.24, 2.45) is 5.92 Å². The van der Waals surface area contributed by atoms with E-state index in [-0.39, 0.29) is 23.0 Å². The van der Waals surface area contributed by atoms with Crippen LogP contribution < -0.4 is 0 Å². The van der Waals surface area contributed by atoms with E-state index >= 15 is 0 Å². The summed E-state index contributed by atoms with van der Waals surface area (Å²) in [5.74, 6) is 0.919. The Bertz CT molecular complexity index is 309. The molecule has 1 heterocycles. The molecular weight excluding hydrogens is 234 g/mol. The van der Waals surface area contributed by atoms with E-state index in [2.05, 4.69) is 13.8 Å². The number of rotatable bonds is 4. The molecule has 3 nitrogen and oxygen atoms in total. The maximum Gasteiger partial charge on any atom is 0.234 e. The minimum absolute atomic E-state index is 0.0126. The molecule has 0 aromatic rings. The molecule has 2 atom stereocenters. The number of thioether (sulfide) groups is 1. The van der Waals surface area contributed by atoms with Crippen LogP contribution in [0, 0.1) is 5.92 Å². The molecule has 0 spiro atoms. The molecule has 0 radical (unpaired) electrons. The van der Waals surface area contributed by atoms with Crippen molar-refractivity contribution >= 4 is 23.6 Å². The van der Waals surface area contributed by atoms with Crippen LogP contribution in [0.4, 0.5) is 0 Å². The van der Waals surface area contributed by atoms with Gasteiger partial charge in [-0.1, -0.05) is 13.8 Å². The summed E-state index contributed by atoms with van der Waals surface area (Å²) in [4.78, 5) is 25.6. The van der Waals surface area contributed by atoms with Gasteiger partial charge >= 0.3 is 0 Å². The van der Waals surface area contributed by atoms with E-state index in [4.69, 9.17) is 0 Å². The number of carbonyl (C=O) groups is 2. The minimum Gasteiger partial charge on any atom is -0.277 e. The van der Waals surface area contributed by atoms with E-state index in [9.17, 15) is 9.59 Å². The highest BCUT2D eigenvalue weighted by molar-refractivity contribution is 7.99. The van der Waals surface area contributed by atoms with Crippen molar-refractivity contribution in [3.63, 3.8) is 0 Å². The smallest absolute Gasteiger partial charge is 0.234 e. The third-order valence-electron chi connectivity index (χ3n) is 3.00. The van der Waals surface area contributed by atoms with Gasteiger partial charge in [-0.15, -0.1) is 0 Å². The standard InChI is InChI=1S/C13H23NO2S/c1-6-7-17-9(2)10-8-11(15)14(12(10)16)13(3,4)5/h9-10H,6-8H2,1-5H3. The first-order valence-electron chi connectivity index (χ1n) is 6.27. The van der Waals surface area contributed by atoms with Crippen LogP contribution >= 0.6 is 11.8 Å². The zero-order valence-corrected chi connectivity index (χ0v) is 12.3. The fourth-order valence-electron chi connectivity index (χ4n) is 2.15. The van der Waals surface area contributed by atoms with Crippen molar-refractivity contribution < 1.29 is 9.59 Å². The van der Waals surface area contributed by atoms with E-state index in [0.717, 1.165) is 12.2 Å². The van der Waals surface area contributed by atoms with Crippen molar-refractivity contribution in [3.8, 4) is 0 Å². The molecule has 0 aromatic carbocycles. The monoisotopic (exact) mass is 257 g/mol. The van der Waals surface area contributed by atoms with Crippen molar-refractivity contribution in [2.45, 2.75) is 58.2 Å². The number of imide groups is 1. The fourth-order valence-corrected chi connectivity index (χ4v) is 3.20. The van der Waals surface area contributed by atoms with Crippen LogP contribution in [0.3, 0.4) is 0 Å². The van der Waals surface area contributed by atoms with Crippen LogP contribution in [0.15, 0.2) is 0 Å². The number of hydrogen-bond acceptors (Lipinski definition) is 3. The molecule has 1 fully saturated rings. The van der Waals surface area contributed by atoms with Crippen molar-refractivity contribution in [1.29, 1.82) is 0 Å². The van der Waals surface area contributed by atoms with E-state index < -0.39 is 5.54 Å². The summed E-state index contributed by atoms with van der Waals surface area (Å²) < 4.78 is 0. The molecule has 0 bridgehead atoms. The molecule has 0 aliphatic carbocycles. The molecule has 1 aliphatic rings. The van der Waals surface area contributed by atoms with Crippen LogP contribution in [0.2, 0.25) is 0 Å². The van der Waals surface area contributed by atoms with E-state index in [0.29, 0.717) is 6.42 Å². The number of hydrogen-bond donors (Lipinski definition) is 0. The Hall–Kier alpha value is -0.510. The highest BCUT2D eigenvalue weighted by Gasteiger charge is 2.45. The lowest BCUT2D eigenvalue weighted by Crippen LogP contribution is -2.46. The van der Waals surface area contributed by atoms with Gasteiger partial charge in [0, 0.05) is 17.2 Å². The lowest BCUT2D eigenvalue weighted by molar-refractivity contribution is -0.144. The summed E-state index contributed by atoms with van der Waals surface area (Å²) >= 11 is 1.79. The third-order valence-corrected chi connectivity index (χ3v) is 4.50. The SMILES string of the molecule is CCCSC(C)C1CC(=O)N(C(C)(C)C)C1=O. The third kappa shape index (κ3) is 3.24. The van der Waals surface area contributed by atoms with E-state index in [1.807, 2.05) is 20.8 Å². The summed E-state index contributed by atoms with van der Waals surface area (Å²) in [6.07, 6.45) is 1.49. The normalized spacial score (nSPS) is 23.4. The molecule has 2 unspecified atom stereocenters. The predicted octanol–water partition coefficient (Wildman–Crippen LogP) is 2.69. The fraction of sp³-hybridized carbons (Fsp3) is 0.846. The molecule has 0 saturated carbocycles. The van der Waals surface area contributed by atoms with Crippen LogP contribution in [-0.4, -0.2) is 33.3 Å². The van der Waals surface area contributed by atoms with Gasteiger partial charge in [-0.05, 0) is 32.9 Å². The lowest BCUT2D eigenvalue weighted by Gasteiger charge is -2.30. The summed E-state index contributed by atoms with van der Waals surface area (Å²) in [5, 5.41) is 0.235. The second-order valence-corrected chi connectivity index (χ2v) is 7.11. The first-order valence-corrected chi connectivity index (χ1v) is 7.32. The number of amides is 2. The first-order chi connectivity index (χ1) is 7.79. The van der Waals surface area contributed by atoms with Gasteiger partial charge < -0.3 is 0 Å². The maximum atomic E-state index is 12.3. The van der Waals surface area contributed by atoms with Gasteiger partial charge in [-0.25, -0.2) is 0 Å². The molecule has 1 saturated heterocycles. The molecule has 1 rings (SSSR count). The zero-order valence-electron chi connectivity index (χ0n) is 11.4. The average Bonchev–Trinajstić information content (AvgIpc) is 2.49. The Kier molecular flexibility index (Phi) is 4.64. The van der Waals surface area contributed by atoms with Crippen LogP contribution in [0.5, 0.6) is 0 Å². The molecule has 1 aliphatic heterocycles. The molecule has 4 heteroatoms. The van der Waals surface area contributed by atoms with Crippen molar-refractivity contribution in [3.05, 3.63) is 0 Å². The number of nitrogens with zero attached hydrogens (tertiary/aromatic N) is 1. The van der Waals surface area contributed by atoms with Crippen molar-refractivity contribution in [1.82, 2.24) is 4.90 Å².